The maximum Gasteiger partial charge on any atom is 0.416 e. The Balaban J connectivity index is 2.05. The van der Waals surface area contributed by atoms with Crippen molar-refractivity contribution >= 4 is 17.7 Å². The molecule has 32 heavy (non-hydrogen) atoms. The van der Waals surface area contributed by atoms with Crippen molar-refractivity contribution in [1.82, 2.24) is 14.8 Å². The first-order valence-corrected chi connectivity index (χ1v) is 9.01. The Hall–Kier alpha value is -3.57. The van der Waals surface area contributed by atoms with Gasteiger partial charge in [-0.1, -0.05) is 0 Å². The second-order valence-electron chi connectivity index (χ2n) is 6.85. The van der Waals surface area contributed by atoms with Crippen LogP contribution in [0.1, 0.15) is 30.5 Å². The minimum atomic E-state index is -5.01. The molecule has 0 bridgehead atoms. The van der Waals surface area contributed by atoms with E-state index in [0.29, 0.717) is 17.7 Å². The van der Waals surface area contributed by atoms with Crippen molar-refractivity contribution in [3.05, 3.63) is 59.8 Å². The fourth-order valence-corrected chi connectivity index (χ4v) is 2.63. The maximum absolute atomic E-state index is 13.1. The highest BCUT2D eigenvalue weighted by atomic mass is 19.4. The smallest absolute Gasteiger partial charge is 0.416 e. The van der Waals surface area contributed by atoms with Gasteiger partial charge in [-0.05, 0) is 38.1 Å². The zero-order chi connectivity index (χ0) is 23.7. The monoisotopic (exact) mass is 459 g/mol. The van der Waals surface area contributed by atoms with Crippen LogP contribution in [0.2, 0.25) is 0 Å². The summed E-state index contributed by atoms with van der Waals surface area (Å²) in [6.07, 6.45) is -5.69. The minimum Gasteiger partial charge on any atom is -0.472 e. The molecule has 0 spiro atoms. The Bertz CT molecular complexity index is 1100. The Labute approximate surface area is 177 Å². The lowest BCUT2D eigenvalue weighted by molar-refractivity contribution is -0.143. The maximum atomic E-state index is 13.1. The molecule has 1 aromatic carbocycles. The first-order chi connectivity index (χ1) is 14.8. The van der Waals surface area contributed by atoms with Gasteiger partial charge in [0.25, 0.3) is 0 Å². The predicted octanol–water partition coefficient (Wildman–Crippen LogP) is 5.53. The van der Waals surface area contributed by atoms with E-state index in [1.54, 1.807) is 13.8 Å². The van der Waals surface area contributed by atoms with Crippen LogP contribution in [0.3, 0.4) is 0 Å². The van der Waals surface area contributed by atoms with E-state index in [0.717, 1.165) is 11.0 Å². The molecule has 0 saturated carbocycles. The molecular formula is C20H15F6N3O3. The van der Waals surface area contributed by atoms with E-state index in [-0.39, 0.29) is 11.6 Å². The number of hydrogen-bond donors (Lipinski definition) is 0. The van der Waals surface area contributed by atoms with E-state index in [2.05, 4.69) is 10.1 Å². The van der Waals surface area contributed by atoms with Gasteiger partial charge in [-0.2, -0.15) is 26.3 Å². The van der Waals surface area contributed by atoms with E-state index in [9.17, 15) is 31.1 Å². The molecule has 0 aliphatic heterocycles. The summed E-state index contributed by atoms with van der Waals surface area (Å²) in [6, 6.07) is 2.51. The Morgan fingerprint density at radius 1 is 1.09 bits per heavy atom. The third-order valence-electron chi connectivity index (χ3n) is 4.01. The molecule has 0 amide bonds. The van der Waals surface area contributed by atoms with Gasteiger partial charge in [-0.15, -0.1) is 5.10 Å². The van der Waals surface area contributed by atoms with Crippen molar-refractivity contribution < 1.29 is 40.3 Å². The minimum absolute atomic E-state index is 0.0103. The number of hydrogen-bond acceptors (Lipinski definition) is 5. The van der Waals surface area contributed by atoms with Crippen LogP contribution in [0.5, 0.6) is 0 Å². The summed E-state index contributed by atoms with van der Waals surface area (Å²) in [5.74, 6) is -1.14. The molecule has 0 aliphatic carbocycles. The van der Waals surface area contributed by atoms with Gasteiger partial charge in [0.1, 0.15) is 6.33 Å². The van der Waals surface area contributed by atoms with Crippen LogP contribution in [-0.2, 0) is 21.9 Å². The van der Waals surface area contributed by atoms with Gasteiger partial charge in [-0.25, -0.2) is 14.5 Å². The second kappa shape index (κ2) is 8.52. The number of carbonyl (C=O) groups is 1. The summed E-state index contributed by atoms with van der Waals surface area (Å²) in [4.78, 5) is 16.2. The van der Waals surface area contributed by atoms with Gasteiger partial charge in [0, 0.05) is 17.3 Å². The Kier molecular flexibility index (Phi) is 6.15. The molecular weight excluding hydrogens is 444 g/mol. The van der Waals surface area contributed by atoms with Gasteiger partial charge in [0.2, 0.25) is 0 Å². The average Bonchev–Trinajstić information content (AvgIpc) is 3.35. The summed E-state index contributed by atoms with van der Waals surface area (Å²) in [7, 11) is 0. The average molecular weight is 459 g/mol. The number of benzene rings is 1. The van der Waals surface area contributed by atoms with Gasteiger partial charge in [0.15, 0.2) is 5.82 Å². The van der Waals surface area contributed by atoms with E-state index in [1.165, 1.54) is 24.8 Å². The van der Waals surface area contributed by atoms with Crippen LogP contribution < -0.4 is 0 Å². The van der Waals surface area contributed by atoms with Crippen molar-refractivity contribution in [3.8, 4) is 11.4 Å². The standard InChI is InChI=1S/C20H15F6N3O3/c1-11(2)32-18(30)16(12-3-4-31-9-12)8-29-10-27-17(28-29)13-5-14(19(21,22)23)7-15(6-13)20(24,25)26/h3-11H,1-2H3/b16-8+. The molecule has 2 heterocycles. The summed E-state index contributed by atoms with van der Waals surface area (Å²) in [5, 5.41) is 3.89. The topological polar surface area (TPSA) is 70.2 Å². The van der Waals surface area contributed by atoms with Crippen LogP contribution in [-0.4, -0.2) is 26.8 Å². The molecule has 0 saturated heterocycles. The van der Waals surface area contributed by atoms with E-state index in [1.807, 2.05) is 0 Å². The Morgan fingerprint density at radius 3 is 2.22 bits per heavy atom. The van der Waals surface area contributed by atoms with Crippen molar-refractivity contribution in [2.24, 2.45) is 0 Å². The molecule has 6 nitrogen and oxygen atoms in total. The zero-order valence-corrected chi connectivity index (χ0v) is 16.5. The SMILES string of the molecule is CC(C)OC(=O)/C(=C/n1cnc(-c2cc(C(F)(F)F)cc(C(F)(F)F)c2)n1)c1ccoc1. The van der Waals surface area contributed by atoms with Crippen LogP contribution in [0.4, 0.5) is 26.3 Å². The molecule has 0 aliphatic rings. The number of esters is 1. The molecule has 2 aromatic heterocycles. The van der Waals surface area contributed by atoms with Crippen LogP contribution in [0.25, 0.3) is 23.2 Å². The van der Waals surface area contributed by atoms with Gasteiger partial charge >= 0.3 is 18.3 Å². The highest BCUT2D eigenvalue weighted by Gasteiger charge is 2.37. The number of ether oxygens (including phenoxy) is 1. The molecule has 170 valence electrons. The van der Waals surface area contributed by atoms with Crippen LogP contribution in [0, 0.1) is 0 Å². The number of aromatic nitrogens is 3. The van der Waals surface area contributed by atoms with Crippen molar-refractivity contribution in [2.75, 3.05) is 0 Å². The molecule has 0 unspecified atom stereocenters. The van der Waals surface area contributed by atoms with Gasteiger partial charge < -0.3 is 9.15 Å². The molecule has 3 rings (SSSR count). The number of carbonyl (C=O) groups excluding carboxylic acids is 1. The fraction of sp³-hybridized carbons (Fsp3) is 0.250. The summed E-state index contributed by atoms with van der Waals surface area (Å²) >= 11 is 0. The third-order valence-corrected chi connectivity index (χ3v) is 4.01. The lowest BCUT2D eigenvalue weighted by Crippen LogP contribution is -2.13. The van der Waals surface area contributed by atoms with Crippen molar-refractivity contribution in [1.29, 1.82) is 0 Å². The number of halogens is 6. The number of rotatable bonds is 5. The van der Waals surface area contributed by atoms with E-state index in [4.69, 9.17) is 9.15 Å². The predicted molar refractivity (Wildman–Crippen MR) is 99.6 cm³/mol. The molecule has 3 aromatic rings. The number of furan rings is 1. The van der Waals surface area contributed by atoms with E-state index >= 15 is 0 Å². The second-order valence-corrected chi connectivity index (χ2v) is 6.85. The molecule has 0 fully saturated rings. The van der Waals surface area contributed by atoms with Crippen molar-refractivity contribution in [2.45, 2.75) is 32.3 Å². The fourth-order valence-electron chi connectivity index (χ4n) is 2.63. The summed E-state index contributed by atoms with van der Waals surface area (Å²) in [5.41, 5.74) is -3.16. The van der Waals surface area contributed by atoms with Crippen LogP contribution >= 0.6 is 0 Å². The van der Waals surface area contributed by atoms with Crippen LogP contribution in [0.15, 0.2) is 47.5 Å². The number of nitrogens with zero attached hydrogens (tertiary/aromatic N) is 3. The Morgan fingerprint density at radius 2 is 1.72 bits per heavy atom. The molecule has 0 radical (unpaired) electrons. The summed E-state index contributed by atoms with van der Waals surface area (Å²) < 4.78 is 89.6. The quantitative estimate of drug-likeness (QED) is 0.285. The van der Waals surface area contributed by atoms with E-state index < -0.39 is 46.9 Å². The molecule has 0 atom stereocenters. The largest absolute Gasteiger partial charge is 0.472 e. The third kappa shape index (κ3) is 5.37. The first kappa shape index (κ1) is 23.1. The highest BCUT2D eigenvalue weighted by molar-refractivity contribution is 6.20. The van der Waals surface area contributed by atoms with Gasteiger partial charge in [0.05, 0.1) is 35.3 Å². The lowest BCUT2D eigenvalue weighted by Gasteiger charge is -2.13. The highest BCUT2D eigenvalue weighted by Crippen LogP contribution is 2.38. The van der Waals surface area contributed by atoms with Gasteiger partial charge in [-0.3, -0.25) is 0 Å². The first-order valence-electron chi connectivity index (χ1n) is 9.01. The molecule has 12 heteroatoms. The normalized spacial score (nSPS) is 13.0. The zero-order valence-electron chi connectivity index (χ0n) is 16.5. The molecule has 0 N–H and O–H groups in total. The lowest BCUT2D eigenvalue weighted by atomic mass is 10.0. The van der Waals surface area contributed by atoms with Crippen molar-refractivity contribution in [3.63, 3.8) is 0 Å². The summed E-state index contributed by atoms with van der Waals surface area (Å²) in [6.45, 7) is 3.26. The number of alkyl halides is 6.